The molecule has 0 aliphatic carbocycles. The van der Waals surface area contributed by atoms with E-state index < -0.39 is 10.8 Å². The van der Waals surface area contributed by atoms with Crippen molar-refractivity contribution < 1.29 is 9.72 Å². The van der Waals surface area contributed by atoms with E-state index in [1.807, 2.05) is 0 Å². The molecule has 0 spiro atoms. The van der Waals surface area contributed by atoms with Gasteiger partial charge in [-0.05, 0) is 28.1 Å². The zero-order chi connectivity index (χ0) is 13.8. The van der Waals surface area contributed by atoms with Crippen molar-refractivity contribution in [2.75, 3.05) is 0 Å². The van der Waals surface area contributed by atoms with Crippen molar-refractivity contribution in [3.05, 3.63) is 50.5 Å². The smallest absolute Gasteiger partial charge is 0.284 e. The molecule has 0 saturated heterocycles. The van der Waals surface area contributed by atoms with Crippen LogP contribution < -0.4 is 5.32 Å². The highest BCUT2D eigenvalue weighted by Gasteiger charge is 2.15. The molecule has 0 unspecified atom stereocenters. The lowest BCUT2D eigenvalue weighted by Gasteiger charge is -2.03. The molecule has 2 N–H and O–H groups in total. The average Bonchev–Trinajstić information content (AvgIpc) is 2.89. The Bertz CT molecular complexity index is 614. The monoisotopic (exact) mass is 325 g/mol. The summed E-state index contributed by atoms with van der Waals surface area (Å²) in [5, 5.41) is 19.6. The molecule has 1 amide bonds. The van der Waals surface area contributed by atoms with Crippen LogP contribution in [-0.4, -0.2) is 26.0 Å². The fourth-order valence-corrected chi connectivity index (χ4v) is 1.77. The number of rotatable bonds is 4. The number of benzene rings is 1. The van der Waals surface area contributed by atoms with Crippen LogP contribution in [0.5, 0.6) is 0 Å². The Kier molecular flexibility index (Phi) is 3.85. The van der Waals surface area contributed by atoms with Crippen LogP contribution in [0.1, 0.15) is 16.2 Å². The summed E-state index contributed by atoms with van der Waals surface area (Å²) in [7, 11) is 0. The van der Waals surface area contributed by atoms with Gasteiger partial charge in [0, 0.05) is 11.6 Å². The van der Waals surface area contributed by atoms with Gasteiger partial charge in [-0.15, -0.1) is 0 Å². The summed E-state index contributed by atoms with van der Waals surface area (Å²) in [6.07, 6.45) is 1.33. The number of nitrogens with one attached hydrogen (secondary N) is 2. The van der Waals surface area contributed by atoms with Gasteiger partial charge in [0.2, 0.25) is 0 Å². The van der Waals surface area contributed by atoms with Gasteiger partial charge in [-0.2, -0.15) is 5.10 Å². The van der Waals surface area contributed by atoms with Gasteiger partial charge in [-0.1, -0.05) is 0 Å². The molecule has 19 heavy (non-hydrogen) atoms. The summed E-state index contributed by atoms with van der Waals surface area (Å²) in [4.78, 5) is 25.9. The van der Waals surface area contributed by atoms with Gasteiger partial charge >= 0.3 is 0 Å². The quantitative estimate of drug-likeness (QED) is 0.651. The second kappa shape index (κ2) is 5.57. The Morgan fingerprint density at radius 2 is 2.32 bits per heavy atom. The Labute approximate surface area is 115 Å². The number of aromatic nitrogens is 3. The molecule has 0 fully saturated rings. The van der Waals surface area contributed by atoms with E-state index >= 15 is 0 Å². The Morgan fingerprint density at radius 1 is 1.53 bits per heavy atom. The van der Waals surface area contributed by atoms with Gasteiger partial charge in [0.15, 0.2) is 0 Å². The van der Waals surface area contributed by atoms with Crippen LogP contribution in [0.15, 0.2) is 29.0 Å². The predicted molar refractivity (Wildman–Crippen MR) is 68.3 cm³/mol. The van der Waals surface area contributed by atoms with E-state index in [2.05, 4.69) is 36.4 Å². The lowest BCUT2D eigenvalue weighted by molar-refractivity contribution is -0.385. The van der Waals surface area contributed by atoms with E-state index in [9.17, 15) is 14.9 Å². The maximum atomic E-state index is 11.8. The van der Waals surface area contributed by atoms with Crippen LogP contribution in [0.3, 0.4) is 0 Å². The molecule has 2 aromatic rings. The summed E-state index contributed by atoms with van der Waals surface area (Å²) in [5.74, 6) is 0.0759. The van der Waals surface area contributed by atoms with Crippen LogP contribution in [0.4, 0.5) is 5.69 Å². The standard InChI is InChI=1S/C10H8BrN5O3/c11-7-2-1-6(3-8(7)16(18)19)10(17)12-4-9-13-5-14-15-9/h1-3,5H,4H2,(H,12,17)(H,13,14,15). The predicted octanol–water partition coefficient (Wildman–Crippen LogP) is 1.41. The zero-order valence-electron chi connectivity index (χ0n) is 9.46. The number of carbonyl (C=O) groups is 1. The molecule has 98 valence electrons. The molecule has 0 bridgehead atoms. The maximum Gasteiger partial charge on any atom is 0.284 e. The normalized spacial score (nSPS) is 10.2. The van der Waals surface area contributed by atoms with E-state index in [0.29, 0.717) is 10.3 Å². The minimum Gasteiger partial charge on any atom is -0.345 e. The van der Waals surface area contributed by atoms with E-state index in [-0.39, 0.29) is 17.8 Å². The number of nitrogens with zero attached hydrogens (tertiary/aromatic N) is 3. The van der Waals surface area contributed by atoms with Gasteiger partial charge in [0.05, 0.1) is 15.9 Å². The topological polar surface area (TPSA) is 114 Å². The number of amides is 1. The second-order valence-electron chi connectivity index (χ2n) is 3.54. The summed E-state index contributed by atoms with van der Waals surface area (Å²) in [6.45, 7) is 0.169. The van der Waals surface area contributed by atoms with E-state index in [0.717, 1.165) is 0 Å². The lowest BCUT2D eigenvalue weighted by Crippen LogP contribution is -2.23. The first-order chi connectivity index (χ1) is 9.08. The third kappa shape index (κ3) is 3.13. The molecule has 0 aliphatic heterocycles. The van der Waals surface area contributed by atoms with Gasteiger partial charge in [-0.3, -0.25) is 20.0 Å². The Hall–Kier alpha value is -2.29. The van der Waals surface area contributed by atoms with Crippen molar-refractivity contribution in [1.82, 2.24) is 20.5 Å². The van der Waals surface area contributed by atoms with Crippen molar-refractivity contribution in [1.29, 1.82) is 0 Å². The van der Waals surface area contributed by atoms with Crippen molar-refractivity contribution in [2.24, 2.45) is 0 Å². The fourth-order valence-electron chi connectivity index (χ4n) is 1.38. The number of hydrogen-bond acceptors (Lipinski definition) is 5. The summed E-state index contributed by atoms with van der Waals surface area (Å²) >= 11 is 3.05. The number of carbonyl (C=O) groups excluding carboxylic acids is 1. The van der Waals surface area contributed by atoms with Crippen LogP contribution in [0.25, 0.3) is 0 Å². The largest absolute Gasteiger partial charge is 0.345 e. The molecular formula is C10H8BrN5O3. The first-order valence-corrected chi connectivity index (χ1v) is 5.93. The van der Waals surface area contributed by atoms with E-state index in [4.69, 9.17) is 0 Å². The molecule has 8 nitrogen and oxygen atoms in total. The van der Waals surface area contributed by atoms with Crippen molar-refractivity contribution in [2.45, 2.75) is 6.54 Å². The molecule has 0 radical (unpaired) electrons. The lowest BCUT2D eigenvalue weighted by atomic mass is 10.2. The fraction of sp³-hybridized carbons (Fsp3) is 0.100. The van der Waals surface area contributed by atoms with E-state index in [1.54, 1.807) is 0 Å². The van der Waals surface area contributed by atoms with E-state index in [1.165, 1.54) is 24.5 Å². The highest BCUT2D eigenvalue weighted by Crippen LogP contribution is 2.25. The maximum absolute atomic E-state index is 11.8. The molecule has 0 atom stereocenters. The van der Waals surface area contributed by atoms with Crippen LogP contribution >= 0.6 is 15.9 Å². The first kappa shape index (κ1) is 13.1. The first-order valence-electron chi connectivity index (χ1n) is 5.14. The molecular weight excluding hydrogens is 318 g/mol. The number of aromatic amines is 1. The molecule has 1 aromatic carbocycles. The molecule has 1 aromatic heterocycles. The molecule has 0 saturated carbocycles. The van der Waals surface area contributed by atoms with Gasteiger partial charge < -0.3 is 5.32 Å². The summed E-state index contributed by atoms with van der Waals surface area (Å²) in [5.41, 5.74) is 0.0433. The highest BCUT2D eigenvalue weighted by molar-refractivity contribution is 9.10. The highest BCUT2D eigenvalue weighted by atomic mass is 79.9. The van der Waals surface area contributed by atoms with Gasteiger partial charge in [0.25, 0.3) is 11.6 Å². The Morgan fingerprint density at radius 3 is 2.95 bits per heavy atom. The number of nitro groups is 1. The number of hydrogen-bond donors (Lipinski definition) is 2. The van der Waals surface area contributed by atoms with Crippen molar-refractivity contribution in [3.8, 4) is 0 Å². The molecule has 1 heterocycles. The molecule has 9 heteroatoms. The van der Waals surface area contributed by atoms with Crippen molar-refractivity contribution in [3.63, 3.8) is 0 Å². The SMILES string of the molecule is O=C(NCc1ncn[nH]1)c1ccc(Br)c([N+](=O)[O-])c1. The van der Waals surface area contributed by atoms with Crippen LogP contribution in [0.2, 0.25) is 0 Å². The minimum atomic E-state index is -0.558. The average molecular weight is 326 g/mol. The number of halogens is 1. The third-order valence-electron chi connectivity index (χ3n) is 2.29. The minimum absolute atomic E-state index is 0.160. The van der Waals surface area contributed by atoms with Gasteiger partial charge in [-0.25, -0.2) is 4.98 Å². The third-order valence-corrected chi connectivity index (χ3v) is 2.96. The summed E-state index contributed by atoms with van der Waals surface area (Å²) < 4.78 is 0.323. The van der Waals surface area contributed by atoms with Crippen LogP contribution in [-0.2, 0) is 6.54 Å². The Balaban J connectivity index is 2.11. The zero-order valence-corrected chi connectivity index (χ0v) is 11.0. The summed E-state index contributed by atoms with van der Waals surface area (Å²) in [6, 6.07) is 4.16. The number of H-pyrrole nitrogens is 1. The van der Waals surface area contributed by atoms with Gasteiger partial charge in [0.1, 0.15) is 12.2 Å². The molecule has 2 rings (SSSR count). The second-order valence-corrected chi connectivity index (χ2v) is 4.39. The van der Waals surface area contributed by atoms with Crippen LogP contribution in [0, 0.1) is 10.1 Å². The molecule has 0 aliphatic rings. The van der Waals surface area contributed by atoms with Crippen molar-refractivity contribution >= 4 is 27.5 Å². The number of nitro benzene ring substituents is 1.